The highest BCUT2D eigenvalue weighted by molar-refractivity contribution is 7.98. The summed E-state index contributed by atoms with van der Waals surface area (Å²) in [5, 5.41) is 14.8. The lowest BCUT2D eigenvalue weighted by atomic mass is 10.0. The Labute approximate surface area is 116 Å². The summed E-state index contributed by atoms with van der Waals surface area (Å²) in [6, 6.07) is 6.64. The van der Waals surface area contributed by atoms with E-state index in [0.29, 0.717) is 0 Å². The van der Waals surface area contributed by atoms with Crippen LogP contribution in [0.4, 0.5) is 0 Å². The lowest BCUT2D eigenvalue weighted by molar-refractivity contribution is -0.159. The molecule has 0 atom stereocenters. The van der Waals surface area contributed by atoms with Gasteiger partial charge >= 0.3 is 11.9 Å². The number of hydrogen-bond donors (Lipinski definition) is 3. The van der Waals surface area contributed by atoms with Crippen LogP contribution >= 0.6 is 11.8 Å². The highest BCUT2D eigenvalue weighted by atomic mass is 32.2. The predicted octanol–water partition coefficient (Wildman–Crippen LogP) is 1.76. The predicted molar refractivity (Wildman–Crippen MR) is 75.6 cm³/mol. The Kier molecular flexibility index (Phi) is 8.65. The van der Waals surface area contributed by atoms with Crippen LogP contribution in [0.1, 0.15) is 17.5 Å². The van der Waals surface area contributed by atoms with Gasteiger partial charge in [-0.1, -0.05) is 6.07 Å². The second-order valence-electron chi connectivity index (χ2n) is 3.79. The Hall–Kier alpha value is -1.53. The SMILES string of the molecule is CSc1ccc(C)c(CCCN)c1.O=C(O)C(=O)O. The standard InChI is InChI=1S/C11H17NS.C2H2O4/c1-9-5-6-11(13-2)8-10(9)4-3-7-12;3-1(4)2(5)6/h5-6,8H,3-4,7,12H2,1-2H3;(H,3,4)(H,5,6). The van der Waals surface area contributed by atoms with Gasteiger partial charge in [-0.2, -0.15) is 0 Å². The average molecular weight is 285 g/mol. The van der Waals surface area contributed by atoms with E-state index in [1.165, 1.54) is 16.0 Å². The molecule has 6 heteroatoms. The summed E-state index contributed by atoms with van der Waals surface area (Å²) in [5.41, 5.74) is 8.31. The van der Waals surface area contributed by atoms with Crippen molar-refractivity contribution in [1.82, 2.24) is 0 Å². The van der Waals surface area contributed by atoms with Gasteiger partial charge in [0.05, 0.1) is 0 Å². The van der Waals surface area contributed by atoms with Crippen molar-refractivity contribution in [1.29, 1.82) is 0 Å². The topological polar surface area (TPSA) is 101 Å². The summed E-state index contributed by atoms with van der Waals surface area (Å²) >= 11 is 1.79. The number of carboxylic acids is 2. The number of thioether (sulfide) groups is 1. The quantitative estimate of drug-likeness (QED) is 0.575. The van der Waals surface area contributed by atoms with Crippen LogP contribution in [0.5, 0.6) is 0 Å². The van der Waals surface area contributed by atoms with Gasteiger partial charge in [0.15, 0.2) is 0 Å². The number of hydrogen-bond acceptors (Lipinski definition) is 4. The first-order chi connectivity index (χ1) is 8.92. The van der Waals surface area contributed by atoms with Gasteiger partial charge in [0.25, 0.3) is 0 Å². The lowest BCUT2D eigenvalue weighted by Gasteiger charge is -2.06. The molecule has 0 saturated carbocycles. The first-order valence-corrected chi connectivity index (χ1v) is 6.94. The molecule has 0 radical (unpaired) electrons. The van der Waals surface area contributed by atoms with E-state index in [1.807, 2.05) is 0 Å². The van der Waals surface area contributed by atoms with Gasteiger partial charge in [-0.15, -0.1) is 11.8 Å². The molecule has 106 valence electrons. The second-order valence-corrected chi connectivity index (χ2v) is 4.67. The van der Waals surface area contributed by atoms with Crippen molar-refractivity contribution in [3.8, 4) is 0 Å². The Morgan fingerprint density at radius 3 is 2.26 bits per heavy atom. The molecule has 0 aliphatic carbocycles. The minimum Gasteiger partial charge on any atom is -0.473 e. The van der Waals surface area contributed by atoms with Gasteiger partial charge in [0.2, 0.25) is 0 Å². The minimum atomic E-state index is -1.82. The molecule has 0 bridgehead atoms. The molecule has 0 heterocycles. The van der Waals surface area contributed by atoms with Crippen molar-refractivity contribution < 1.29 is 19.8 Å². The summed E-state index contributed by atoms with van der Waals surface area (Å²) in [5.74, 6) is -3.65. The fraction of sp³-hybridized carbons (Fsp3) is 0.385. The van der Waals surface area contributed by atoms with Crippen LogP contribution in [-0.4, -0.2) is 35.0 Å². The average Bonchev–Trinajstić information content (AvgIpc) is 2.38. The third-order valence-corrected chi connectivity index (χ3v) is 3.11. The van der Waals surface area contributed by atoms with E-state index >= 15 is 0 Å². The third kappa shape index (κ3) is 7.48. The van der Waals surface area contributed by atoms with Crippen molar-refractivity contribution in [2.45, 2.75) is 24.7 Å². The summed E-state index contributed by atoms with van der Waals surface area (Å²) in [6.45, 7) is 2.94. The summed E-state index contributed by atoms with van der Waals surface area (Å²) in [6.07, 6.45) is 4.30. The van der Waals surface area contributed by atoms with Crippen LogP contribution in [0, 0.1) is 6.92 Å². The van der Waals surface area contributed by atoms with E-state index < -0.39 is 11.9 Å². The molecule has 1 aromatic rings. The molecule has 0 aromatic heterocycles. The second kappa shape index (κ2) is 9.41. The Morgan fingerprint density at radius 2 is 1.84 bits per heavy atom. The Bertz CT molecular complexity index is 423. The monoisotopic (exact) mass is 285 g/mol. The first-order valence-electron chi connectivity index (χ1n) is 5.72. The molecule has 0 spiro atoms. The van der Waals surface area contributed by atoms with Gasteiger partial charge in [-0.25, -0.2) is 9.59 Å². The summed E-state index contributed by atoms with van der Waals surface area (Å²) < 4.78 is 0. The molecule has 0 aliphatic rings. The van der Waals surface area contributed by atoms with E-state index in [4.69, 9.17) is 25.5 Å². The minimum absolute atomic E-state index is 0.781. The van der Waals surface area contributed by atoms with Crippen molar-refractivity contribution in [2.75, 3.05) is 12.8 Å². The van der Waals surface area contributed by atoms with Gasteiger partial charge in [-0.05, 0) is 55.8 Å². The first kappa shape index (κ1) is 17.5. The van der Waals surface area contributed by atoms with Gasteiger partial charge < -0.3 is 15.9 Å². The number of carbonyl (C=O) groups is 2. The zero-order valence-corrected chi connectivity index (χ0v) is 11.9. The number of benzene rings is 1. The number of carboxylic acid groups (broad SMARTS) is 2. The molecule has 0 saturated heterocycles. The number of aliphatic carboxylic acids is 2. The molecule has 0 fully saturated rings. The molecule has 4 N–H and O–H groups in total. The smallest absolute Gasteiger partial charge is 0.414 e. The van der Waals surface area contributed by atoms with Crippen LogP contribution in [0.3, 0.4) is 0 Å². The van der Waals surface area contributed by atoms with Crippen molar-refractivity contribution in [2.24, 2.45) is 5.73 Å². The van der Waals surface area contributed by atoms with E-state index in [-0.39, 0.29) is 0 Å². The molecule has 19 heavy (non-hydrogen) atoms. The maximum Gasteiger partial charge on any atom is 0.414 e. The lowest BCUT2D eigenvalue weighted by Crippen LogP contribution is -2.09. The van der Waals surface area contributed by atoms with E-state index in [0.717, 1.165) is 19.4 Å². The molecule has 0 aliphatic heterocycles. The molecule has 0 unspecified atom stereocenters. The normalized spacial score (nSPS) is 9.42. The summed E-state index contributed by atoms with van der Waals surface area (Å²) in [7, 11) is 0. The fourth-order valence-electron chi connectivity index (χ4n) is 1.34. The maximum absolute atomic E-state index is 9.10. The highest BCUT2D eigenvalue weighted by Gasteiger charge is 2.04. The van der Waals surface area contributed by atoms with E-state index in [1.54, 1.807) is 11.8 Å². The van der Waals surface area contributed by atoms with Crippen LogP contribution in [0.2, 0.25) is 0 Å². The van der Waals surface area contributed by atoms with Crippen LogP contribution < -0.4 is 5.73 Å². The van der Waals surface area contributed by atoms with Crippen molar-refractivity contribution in [3.05, 3.63) is 29.3 Å². The van der Waals surface area contributed by atoms with E-state index in [2.05, 4.69) is 31.4 Å². The molecular weight excluding hydrogens is 266 g/mol. The maximum atomic E-state index is 9.10. The molecular formula is C13H19NO4S. The Balaban J connectivity index is 0.000000459. The molecule has 0 amide bonds. The number of nitrogens with two attached hydrogens (primary N) is 1. The van der Waals surface area contributed by atoms with Crippen LogP contribution in [-0.2, 0) is 16.0 Å². The number of aryl methyl sites for hydroxylation is 2. The van der Waals surface area contributed by atoms with Crippen LogP contribution in [0.25, 0.3) is 0 Å². The molecule has 1 rings (SSSR count). The molecule has 1 aromatic carbocycles. The van der Waals surface area contributed by atoms with Gasteiger partial charge in [0, 0.05) is 4.90 Å². The van der Waals surface area contributed by atoms with Crippen LogP contribution in [0.15, 0.2) is 23.1 Å². The fourth-order valence-corrected chi connectivity index (χ4v) is 1.80. The summed E-state index contributed by atoms with van der Waals surface area (Å²) in [4.78, 5) is 19.5. The Morgan fingerprint density at radius 1 is 1.26 bits per heavy atom. The van der Waals surface area contributed by atoms with E-state index in [9.17, 15) is 0 Å². The van der Waals surface area contributed by atoms with Crippen molar-refractivity contribution in [3.63, 3.8) is 0 Å². The van der Waals surface area contributed by atoms with Gasteiger partial charge in [-0.3, -0.25) is 0 Å². The van der Waals surface area contributed by atoms with Crippen molar-refractivity contribution >= 4 is 23.7 Å². The number of rotatable bonds is 4. The molecule has 5 nitrogen and oxygen atoms in total. The van der Waals surface area contributed by atoms with Gasteiger partial charge in [0.1, 0.15) is 0 Å². The largest absolute Gasteiger partial charge is 0.473 e. The zero-order chi connectivity index (χ0) is 14.8. The highest BCUT2D eigenvalue weighted by Crippen LogP contribution is 2.19. The zero-order valence-electron chi connectivity index (χ0n) is 11.0. The third-order valence-electron chi connectivity index (χ3n) is 2.39.